The lowest BCUT2D eigenvalue weighted by molar-refractivity contribution is -0.126. The van der Waals surface area contributed by atoms with Crippen molar-refractivity contribution < 1.29 is 14.1 Å². The van der Waals surface area contributed by atoms with Crippen molar-refractivity contribution in [1.29, 1.82) is 0 Å². The lowest BCUT2D eigenvalue weighted by Gasteiger charge is -2.32. The van der Waals surface area contributed by atoms with Gasteiger partial charge in [-0.3, -0.25) is 14.3 Å². The van der Waals surface area contributed by atoms with Gasteiger partial charge in [0.1, 0.15) is 5.69 Å². The first-order valence-corrected chi connectivity index (χ1v) is 13.1. The number of nitrogens with zero attached hydrogens (tertiary/aromatic N) is 5. The quantitative estimate of drug-likeness (QED) is 0.586. The van der Waals surface area contributed by atoms with E-state index in [0.29, 0.717) is 56.3 Å². The maximum absolute atomic E-state index is 13.8. The molecule has 9 heteroatoms. The summed E-state index contributed by atoms with van der Waals surface area (Å²) in [6.07, 6.45) is 7.40. The topological polar surface area (TPSA) is 106 Å². The summed E-state index contributed by atoms with van der Waals surface area (Å²) in [4.78, 5) is 33.7. The number of carbonyl (C=O) groups is 2. The molecule has 2 aromatic heterocycles. The average Bonchev–Trinajstić information content (AvgIpc) is 3.65. The fourth-order valence-electron chi connectivity index (χ4n) is 5.56. The molecule has 2 amide bonds. The van der Waals surface area contributed by atoms with E-state index >= 15 is 0 Å². The highest BCUT2D eigenvalue weighted by Gasteiger charge is 2.46. The summed E-state index contributed by atoms with van der Waals surface area (Å²) < 4.78 is 7.41. The van der Waals surface area contributed by atoms with Crippen LogP contribution in [0.3, 0.4) is 0 Å². The van der Waals surface area contributed by atoms with Gasteiger partial charge in [0.2, 0.25) is 11.8 Å². The van der Waals surface area contributed by atoms with Crippen LogP contribution in [0.4, 0.5) is 0 Å². The number of carbonyl (C=O) groups excluding carboxylic acids is 2. The minimum Gasteiger partial charge on any atom is -0.356 e. The summed E-state index contributed by atoms with van der Waals surface area (Å²) in [5.41, 5.74) is 1.68. The van der Waals surface area contributed by atoms with Gasteiger partial charge in [0.25, 0.3) is 5.91 Å². The first kappa shape index (κ1) is 24.2. The van der Waals surface area contributed by atoms with E-state index in [-0.39, 0.29) is 29.7 Å². The molecule has 1 aliphatic heterocycles. The standard InChI is InChI=1S/C27H34N6O3/c1-2-33-22(12-14-29-33)27(35)32-15-9-4-3-8-13-28-25(34)21-17-20(18-23(21)32)26-30-24(31-36-26)16-19-10-6-5-7-11-19/h5-7,10-12,14,20-21,23H,2-4,8-9,13,15-18H2,1H3,(H,28,34)/t20-,21-,23+/m1/s1. The first-order valence-electron chi connectivity index (χ1n) is 13.1. The third kappa shape index (κ3) is 5.20. The molecule has 0 unspecified atom stereocenters. The Morgan fingerprint density at radius 2 is 1.94 bits per heavy atom. The maximum Gasteiger partial charge on any atom is 0.272 e. The molecule has 2 aliphatic rings. The summed E-state index contributed by atoms with van der Waals surface area (Å²) >= 11 is 0. The number of aryl methyl sites for hydroxylation is 1. The fourth-order valence-corrected chi connectivity index (χ4v) is 5.56. The van der Waals surface area contributed by atoms with Gasteiger partial charge in [0, 0.05) is 44.2 Å². The van der Waals surface area contributed by atoms with Crippen LogP contribution in [-0.2, 0) is 17.8 Å². The molecule has 36 heavy (non-hydrogen) atoms. The molecule has 1 saturated carbocycles. The van der Waals surface area contributed by atoms with Crippen LogP contribution in [0.25, 0.3) is 0 Å². The van der Waals surface area contributed by atoms with E-state index in [0.717, 1.165) is 31.2 Å². The molecule has 0 spiro atoms. The molecule has 3 heterocycles. The van der Waals surface area contributed by atoms with E-state index in [1.54, 1.807) is 16.9 Å². The summed E-state index contributed by atoms with van der Waals surface area (Å²) in [6.45, 7) is 3.88. The first-order chi connectivity index (χ1) is 17.6. The molecular formula is C27H34N6O3. The molecule has 1 aliphatic carbocycles. The van der Waals surface area contributed by atoms with E-state index in [1.807, 2.05) is 42.2 Å². The molecule has 0 bridgehead atoms. The molecule has 1 saturated heterocycles. The van der Waals surface area contributed by atoms with Gasteiger partial charge in [-0.15, -0.1) is 0 Å². The second-order valence-corrected chi connectivity index (χ2v) is 9.79. The second kappa shape index (κ2) is 11.1. The van der Waals surface area contributed by atoms with E-state index < -0.39 is 0 Å². The van der Waals surface area contributed by atoms with Crippen molar-refractivity contribution in [1.82, 2.24) is 30.1 Å². The summed E-state index contributed by atoms with van der Waals surface area (Å²) in [5.74, 6) is 0.744. The molecule has 3 aromatic rings. The van der Waals surface area contributed by atoms with Crippen molar-refractivity contribution in [2.45, 2.75) is 70.4 Å². The Morgan fingerprint density at radius 3 is 2.78 bits per heavy atom. The zero-order chi connectivity index (χ0) is 24.9. The SMILES string of the molecule is CCn1nccc1C(=O)N1CCCCCCNC(=O)[C@@H]2C[C@@H](c3nc(Cc4ccccc4)no3)C[C@@H]21. The molecule has 5 rings (SSSR count). The third-order valence-corrected chi connectivity index (χ3v) is 7.43. The molecule has 1 N–H and O–H groups in total. The van der Waals surface area contributed by atoms with Crippen LogP contribution in [0, 0.1) is 5.92 Å². The minimum absolute atomic E-state index is 0.00947. The van der Waals surface area contributed by atoms with Gasteiger partial charge in [-0.25, -0.2) is 0 Å². The lowest BCUT2D eigenvalue weighted by atomic mass is 10.00. The summed E-state index contributed by atoms with van der Waals surface area (Å²) in [7, 11) is 0. The number of aromatic nitrogens is 4. The van der Waals surface area contributed by atoms with Gasteiger partial charge >= 0.3 is 0 Å². The van der Waals surface area contributed by atoms with Crippen molar-refractivity contribution in [3.05, 3.63) is 65.6 Å². The summed E-state index contributed by atoms with van der Waals surface area (Å²) in [5, 5.41) is 11.6. The van der Waals surface area contributed by atoms with Crippen LogP contribution in [0.15, 0.2) is 47.1 Å². The lowest BCUT2D eigenvalue weighted by Crippen LogP contribution is -2.47. The Hall–Kier alpha value is -3.49. The highest BCUT2D eigenvalue weighted by atomic mass is 16.5. The maximum atomic E-state index is 13.8. The van der Waals surface area contributed by atoms with E-state index in [1.165, 1.54) is 0 Å². The number of nitrogens with one attached hydrogen (secondary N) is 1. The number of hydrogen-bond acceptors (Lipinski definition) is 6. The van der Waals surface area contributed by atoms with E-state index in [4.69, 9.17) is 4.52 Å². The number of amides is 2. The van der Waals surface area contributed by atoms with Crippen LogP contribution < -0.4 is 5.32 Å². The molecule has 9 nitrogen and oxygen atoms in total. The molecule has 0 radical (unpaired) electrons. The van der Waals surface area contributed by atoms with Gasteiger partial charge in [0.15, 0.2) is 5.82 Å². The number of hydrogen-bond donors (Lipinski definition) is 1. The highest BCUT2D eigenvalue weighted by molar-refractivity contribution is 5.93. The zero-order valence-corrected chi connectivity index (χ0v) is 20.8. The Bertz CT molecular complexity index is 1170. The Balaban J connectivity index is 1.41. The van der Waals surface area contributed by atoms with Crippen molar-refractivity contribution in [3.8, 4) is 0 Å². The van der Waals surface area contributed by atoms with Gasteiger partial charge in [0.05, 0.1) is 5.92 Å². The Labute approximate surface area is 211 Å². The molecular weight excluding hydrogens is 456 g/mol. The van der Waals surface area contributed by atoms with Crippen LogP contribution in [0.1, 0.15) is 79.1 Å². The third-order valence-electron chi connectivity index (χ3n) is 7.43. The monoisotopic (exact) mass is 490 g/mol. The summed E-state index contributed by atoms with van der Waals surface area (Å²) in [6, 6.07) is 11.6. The van der Waals surface area contributed by atoms with Gasteiger partial charge in [-0.1, -0.05) is 48.3 Å². The van der Waals surface area contributed by atoms with Gasteiger partial charge < -0.3 is 14.7 Å². The molecule has 3 atom stereocenters. The van der Waals surface area contributed by atoms with Crippen LogP contribution in [-0.4, -0.2) is 55.8 Å². The van der Waals surface area contributed by atoms with Crippen molar-refractivity contribution in [2.24, 2.45) is 5.92 Å². The van der Waals surface area contributed by atoms with Crippen LogP contribution in [0.2, 0.25) is 0 Å². The Morgan fingerprint density at radius 1 is 1.11 bits per heavy atom. The fraction of sp³-hybridized carbons (Fsp3) is 0.519. The number of benzene rings is 1. The van der Waals surface area contributed by atoms with Crippen molar-refractivity contribution in [3.63, 3.8) is 0 Å². The van der Waals surface area contributed by atoms with Crippen LogP contribution >= 0.6 is 0 Å². The molecule has 1 aromatic carbocycles. The predicted molar refractivity (Wildman–Crippen MR) is 133 cm³/mol. The smallest absolute Gasteiger partial charge is 0.272 e. The largest absolute Gasteiger partial charge is 0.356 e. The normalized spacial score (nSPS) is 23.1. The predicted octanol–water partition coefficient (Wildman–Crippen LogP) is 3.57. The van der Waals surface area contributed by atoms with Crippen molar-refractivity contribution >= 4 is 11.8 Å². The van der Waals surface area contributed by atoms with Crippen molar-refractivity contribution in [2.75, 3.05) is 13.1 Å². The minimum atomic E-state index is -0.320. The van der Waals surface area contributed by atoms with Gasteiger partial charge in [-0.05, 0) is 44.2 Å². The Kier molecular flexibility index (Phi) is 7.44. The molecule has 2 fully saturated rings. The van der Waals surface area contributed by atoms with E-state index in [9.17, 15) is 9.59 Å². The number of rotatable bonds is 5. The number of fused-ring (bicyclic) bond motifs is 1. The second-order valence-electron chi connectivity index (χ2n) is 9.79. The highest BCUT2D eigenvalue weighted by Crippen LogP contribution is 2.41. The molecule has 190 valence electrons. The van der Waals surface area contributed by atoms with Crippen LogP contribution in [0.5, 0.6) is 0 Å². The van der Waals surface area contributed by atoms with Gasteiger partial charge in [-0.2, -0.15) is 10.1 Å². The average molecular weight is 491 g/mol. The zero-order valence-electron chi connectivity index (χ0n) is 20.8. The van der Waals surface area contributed by atoms with E-state index in [2.05, 4.69) is 20.6 Å².